The van der Waals surface area contributed by atoms with Gasteiger partial charge in [0.2, 0.25) is 5.91 Å². The highest BCUT2D eigenvalue weighted by atomic mass is 16.5. The van der Waals surface area contributed by atoms with Gasteiger partial charge in [0.1, 0.15) is 5.75 Å². The van der Waals surface area contributed by atoms with Gasteiger partial charge in [-0.3, -0.25) is 9.36 Å². The predicted molar refractivity (Wildman–Crippen MR) is 65.9 cm³/mol. The van der Waals surface area contributed by atoms with Crippen LogP contribution in [0.5, 0.6) is 5.75 Å². The number of carbonyl (C=O) groups excluding carboxylic acids is 2. The summed E-state index contributed by atoms with van der Waals surface area (Å²) >= 11 is 0. The van der Waals surface area contributed by atoms with Gasteiger partial charge in [0, 0.05) is 18.5 Å². The van der Waals surface area contributed by atoms with E-state index in [4.69, 9.17) is 4.74 Å². The van der Waals surface area contributed by atoms with Crippen LogP contribution in [0.25, 0.3) is 10.9 Å². The van der Waals surface area contributed by atoms with Gasteiger partial charge in [-0.15, -0.1) is 0 Å². The molecule has 0 spiro atoms. The van der Waals surface area contributed by atoms with Gasteiger partial charge < -0.3 is 9.84 Å². The van der Waals surface area contributed by atoms with E-state index in [1.807, 2.05) is 0 Å². The Hall–Kier alpha value is -2.30. The fraction of sp³-hybridized carbons (Fsp3) is 0.231. The maximum absolute atomic E-state index is 11.6. The highest BCUT2D eigenvalue weighted by Crippen LogP contribution is 2.27. The van der Waals surface area contributed by atoms with Gasteiger partial charge in [0.15, 0.2) is 0 Å². The van der Waals surface area contributed by atoms with Crippen molar-refractivity contribution < 1.29 is 19.4 Å². The minimum absolute atomic E-state index is 0.0458. The normalized spacial score (nSPS) is 10.6. The van der Waals surface area contributed by atoms with Gasteiger partial charge in [-0.05, 0) is 25.1 Å². The second-order valence-electron chi connectivity index (χ2n) is 3.85. The number of aromatic nitrogens is 1. The summed E-state index contributed by atoms with van der Waals surface area (Å²) in [6.07, 6.45) is 1.56. The predicted octanol–water partition coefficient (Wildman–Crippen LogP) is 2.18. The molecule has 0 amide bonds. The van der Waals surface area contributed by atoms with Crippen molar-refractivity contribution in [1.82, 2.24) is 4.57 Å². The fourth-order valence-electron chi connectivity index (χ4n) is 1.83. The molecule has 5 heteroatoms. The number of benzene rings is 1. The third-order valence-corrected chi connectivity index (χ3v) is 2.64. The molecule has 0 atom stereocenters. The summed E-state index contributed by atoms with van der Waals surface area (Å²) in [5, 5.41) is 10.4. The molecule has 0 aliphatic heterocycles. The van der Waals surface area contributed by atoms with Crippen molar-refractivity contribution in [3.8, 4) is 5.75 Å². The van der Waals surface area contributed by atoms with Crippen LogP contribution < -0.4 is 0 Å². The van der Waals surface area contributed by atoms with Crippen molar-refractivity contribution in [1.29, 1.82) is 0 Å². The largest absolute Gasteiger partial charge is 0.507 e. The number of fused-ring (bicyclic) bond motifs is 1. The average Bonchev–Trinajstić information content (AvgIpc) is 2.73. The van der Waals surface area contributed by atoms with Crippen LogP contribution in [0, 0.1) is 0 Å². The third-order valence-electron chi connectivity index (χ3n) is 2.64. The second-order valence-corrected chi connectivity index (χ2v) is 3.85. The number of phenols is 1. The maximum atomic E-state index is 11.6. The summed E-state index contributed by atoms with van der Waals surface area (Å²) in [6.45, 7) is 3.37. The van der Waals surface area contributed by atoms with E-state index in [2.05, 4.69) is 0 Å². The summed E-state index contributed by atoms with van der Waals surface area (Å²) in [5.74, 6) is -0.757. The van der Waals surface area contributed by atoms with Crippen LogP contribution in [0.15, 0.2) is 24.4 Å². The molecule has 2 aromatic rings. The molecule has 0 aliphatic carbocycles. The molecule has 0 aliphatic rings. The van der Waals surface area contributed by atoms with E-state index in [9.17, 15) is 14.7 Å². The Morgan fingerprint density at radius 3 is 2.72 bits per heavy atom. The molecule has 1 aromatic heterocycles. The highest BCUT2D eigenvalue weighted by Gasteiger charge is 2.14. The van der Waals surface area contributed by atoms with E-state index in [1.165, 1.54) is 23.6 Å². The zero-order valence-electron chi connectivity index (χ0n) is 10.1. The van der Waals surface area contributed by atoms with E-state index in [0.717, 1.165) is 0 Å². The zero-order chi connectivity index (χ0) is 13.3. The summed E-state index contributed by atoms with van der Waals surface area (Å²) in [4.78, 5) is 23.0. The lowest BCUT2D eigenvalue weighted by atomic mass is 10.1. The molecular formula is C13H13NO4. The molecule has 5 nitrogen and oxygen atoms in total. The fourth-order valence-corrected chi connectivity index (χ4v) is 1.83. The zero-order valence-corrected chi connectivity index (χ0v) is 10.1. The molecule has 0 fully saturated rings. The molecule has 0 saturated heterocycles. The molecule has 0 radical (unpaired) electrons. The smallest absolute Gasteiger partial charge is 0.338 e. The van der Waals surface area contributed by atoms with Crippen molar-refractivity contribution in [2.45, 2.75) is 13.8 Å². The van der Waals surface area contributed by atoms with E-state index in [-0.39, 0.29) is 23.8 Å². The molecule has 94 valence electrons. The van der Waals surface area contributed by atoms with Crippen LogP contribution in [0.1, 0.15) is 29.0 Å². The minimum atomic E-state index is -0.522. The summed E-state index contributed by atoms with van der Waals surface area (Å²) in [6, 6.07) is 4.50. The van der Waals surface area contributed by atoms with Crippen molar-refractivity contribution in [3.05, 3.63) is 30.0 Å². The molecule has 2 rings (SSSR count). The molecule has 0 bridgehead atoms. The first-order chi connectivity index (χ1) is 8.54. The monoisotopic (exact) mass is 247 g/mol. The van der Waals surface area contributed by atoms with Crippen LogP contribution in [0.3, 0.4) is 0 Å². The summed E-state index contributed by atoms with van der Waals surface area (Å²) in [5.41, 5.74) is 0.716. The van der Waals surface area contributed by atoms with Gasteiger partial charge >= 0.3 is 5.97 Å². The third kappa shape index (κ3) is 1.95. The first-order valence-corrected chi connectivity index (χ1v) is 5.56. The number of nitrogens with zero attached hydrogens (tertiary/aromatic N) is 1. The number of ether oxygens (including phenoxy) is 1. The first kappa shape index (κ1) is 12.2. The second kappa shape index (κ2) is 4.52. The summed E-state index contributed by atoms with van der Waals surface area (Å²) < 4.78 is 6.24. The van der Waals surface area contributed by atoms with Gasteiger partial charge in [0.25, 0.3) is 0 Å². The van der Waals surface area contributed by atoms with Crippen LogP contribution in [-0.4, -0.2) is 28.2 Å². The topological polar surface area (TPSA) is 68.5 Å². The number of aromatic hydroxyl groups is 1. The van der Waals surface area contributed by atoms with Gasteiger partial charge in [-0.2, -0.15) is 0 Å². The Morgan fingerprint density at radius 2 is 2.11 bits per heavy atom. The van der Waals surface area contributed by atoms with Gasteiger partial charge in [-0.25, -0.2) is 4.79 Å². The van der Waals surface area contributed by atoms with E-state index < -0.39 is 5.97 Å². The quantitative estimate of drug-likeness (QED) is 0.826. The van der Waals surface area contributed by atoms with Crippen LogP contribution in [-0.2, 0) is 4.74 Å². The highest BCUT2D eigenvalue weighted by molar-refractivity contribution is 6.00. The van der Waals surface area contributed by atoms with Crippen molar-refractivity contribution in [3.63, 3.8) is 0 Å². The van der Waals surface area contributed by atoms with Crippen LogP contribution in [0.4, 0.5) is 0 Å². The number of hydrogen-bond acceptors (Lipinski definition) is 4. The van der Waals surface area contributed by atoms with E-state index in [0.29, 0.717) is 10.9 Å². The van der Waals surface area contributed by atoms with Gasteiger partial charge in [0.05, 0.1) is 17.7 Å². The Labute approximate surface area is 104 Å². The number of rotatable bonds is 2. The Balaban J connectivity index is 2.62. The molecule has 0 unspecified atom stereocenters. The number of esters is 1. The first-order valence-electron chi connectivity index (χ1n) is 5.56. The lowest BCUT2D eigenvalue weighted by Crippen LogP contribution is -2.06. The molecule has 1 aromatic carbocycles. The molecule has 0 saturated carbocycles. The Bertz CT molecular complexity index is 627. The number of hydrogen-bond donors (Lipinski definition) is 1. The average molecular weight is 247 g/mol. The van der Waals surface area contributed by atoms with Crippen molar-refractivity contribution in [2.24, 2.45) is 0 Å². The maximum Gasteiger partial charge on any atom is 0.338 e. The molecular weight excluding hydrogens is 234 g/mol. The van der Waals surface area contributed by atoms with Gasteiger partial charge in [-0.1, -0.05) is 0 Å². The van der Waals surface area contributed by atoms with E-state index >= 15 is 0 Å². The lowest BCUT2D eigenvalue weighted by Gasteiger charge is -2.05. The number of carbonyl (C=O) groups is 2. The van der Waals surface area contributed by atoms with Crippen LogP contribution in [0.2, 0.25) is 0 Å². The van der Waals surface area contributed by atoms with E-state index in [1.54, 1.807) is 19.2 Å². The molecule has 18 heavy (non-hydrogen) atoms. The molecule has 1 N–H and O–H groups in total. The molecule has 1 heterocycles. The summed E-state index contributed by atoms with van der Waals surface area (Å²) in [7, 11) is 0. The number of phenolic OH excluding ortho intramolecular Hbond substituents is 1. The SMILES string of the molecule is CCOC(=O)c1cc(O)c2ccn(C(C)=O)c2c1. The Kier molecular flexibility index (Phi) is 3.06. The van der Waals surface area contributed by atoms with Crippen LogP contribution >= 0.6 is 0 Å². The Morgan fingerprint density at radius 1 is 1.39 bits per heavy atom. The van der Waals surface area contributed by atoms with Crippen molar-refractivity contribution in [2.75, 3.05) is 6.61 Å². The van der Waals surface area contributed by atoms with Crippen molar-refractivity contribution >= 4 is 22.8 Å². The standard InChI is InChI=1S/C13H13NO4/c1-3-18-13(17)9-6-11-10(12(16)7-9)4-5-14(11)8(2)15/h4-7,16H,3H2,1-2H3. The minimum Gasteiger partial charge on any atom is -0.507 e. The lowest BCUT2D eigenvalue weighted by molar-refractivity contribution is 0.0525.